The Labute approximate surface area is 161 Å². The third-order valence-corrected chi connectivity index (χ3v) is 6.76. The number of ketones is 1. The topological polar surface area (TPSA) is 49.0 Å². The van der Waals surface area contributed by atoms with Gasteiger partial charge in [-0.05, 0) is 44.5 Å². The average molecular weight is 375 g/mol. The molecule has 27 heavy (non-hydrogen) atoms. The standard InChI is InChI=1S/C22H21N3OS/c1-14(21(26)16-13-23-17-8-3-2-7-15(16)17)25-12-6-10-19(25)22-24-18-9-4-5-11-20(18)27-22/h2-5,7-9,11,13-14,19,23H,6,10,12H2,1H3. The zero-order valence-corrected chi connectivity index (χ0v) is 16.0. The Balaban J connectivity index is 1.46. The molecular weight excluding hydrogens is 354 g/mol. The van der Waals surface area contributed by atoms with E-state index in [1.165, 1.54) is 4.70 Å². The summed E-state index contributed by atoms with van der Waals surface area (Å²) in [6.07, 6.45) is 4.02. The van der Waals surface area contributed by atoms with Gasteiger partial charge in [0.15, 0.2) is 5.78 Å². The van der Waals surface area contributed by atoms with Gasteiger partial charge in [0.05, 0.1) is 22.3 Å². The first kappa shape index (κ1) is 16.7. The SMILES string of the molecule is CC(C(=O)c1c[nH]c2ccccc12)N1CCCC1c1nc2ccccc2s1. The van der Waals surface area contributed by atoms with E-state index in [-0.39, 0.29) is 17.9 Å². The van der Waals surface area contributed by atoms with Gasteiger partial charge in [0.25, 0.3) is 0 Å². The maximum absolute atomic E-state index is 13.3. The number of hydrogen-bond donors (Lipinski definition) is 1. The Kier molecular flexibility index (Phi) is 4.06. The van der Waals surface area contributed by atoms with Crippen molar-refractivity contribution < 1.29 is 4.79 Å². The van der Waals surface area contributed by atoms with Gasteiger partial charge in [-0.3, -0.25) is 9.69 Å². The second kappa shape index (κ2) is 6.59. The summed E-state index contributed by atoms with van der Waals surface area (Å²) in [5, 5.41) is 2.14. The molecule has 4 nitrogen and oxygen atoms in total. The number of H-pyrrole nitrogens is 1. The summed E-state index contributed by atoms with van der Waals surface area (Å²) in [6.45, 7) is 2.98. The van der Waals surface area contributed by atoms with Crippen LogP contribution in [0.25, 0.3) is 21.1 Å². The molecule has 1 saturated heterocycles. The van der Waals surface area contributed by atoms with Crippen LogP contribution in [0.5, 0.6) is 0 Å². The first-order valence-corrected chi connectivity index (χ1v) is 10.3. The average Bonchev–Trinajstić information content (AvgIpc) is 3.43. The van der Waals surface area contributed by atoms with E-state index in [0.29, 0.717) is 0 Å². The zero-order chi connectivity index (χ0) is 18.4. The lowest BCUT2D eigenvalue weighted by Gasteiger charge is -2.28. The molecular formula is C22H21N3OS. The van der Waals surface area contributed by atoms with Gasteiger partial charge in [-0.2, -0.15) is 0 Å². The third-order valence-electron chi connectivity index (χ3n) is 5.62. The van der Waals surface area contributed by atoms with Crippen LogP contribution in [-0.4, -0.2) is 33.2 Å². The molecule has 136 valence electrons. The molecule has 0 bridgehead atoms. The van der Waals surface area contributed by atoms with Crippen LogP contribution in [0.3, 0.4) is 0 Å². The van der Waals surface area contributed by atoms with E-state index < -0.39 is 0 Å². The molecule has 2 aromatic heterocycles. The van der Waals surface area contributed by atoms with E-state index in [1.807, 2.05) is 43.5 Å². The summed E-state index contributed by atoms with van der Waals surface area (Å²) in [5.41, 5.74) is 2.85. The number of carbonyl (C=O) groups excluding carboxylic acids is 1. The molecule has 1 aliphatic heterocycles. The molecule has 2 aromatic carbocycles. The zero-order valence-electron chi connectivity index (χ0n) is 15.2. The lowest BCUT2D eigenvalue weighted by atomic mass is 10.0. The first-order chi connectivity index (χ1) is 13.2. The van der Waals surface area contributed by atoms with Crippen LogP contribution >= 0.6 is 11.3 Å². The molecule has 0 spiro atoms. The number of Topliss-reactive ketones (excluding diaryl/α,β-unsaturated/α-hetero) is 1. The van der Waals surface area contributed by atoms with E-state index in [2.05, 4.69) is 28.1 Å². The predicted molar refractivity (Wildman–Crippen MR) is 110 cm³/mol. The van der Waals surface area contributed by atoms with Crippen molar-refractivity contribution in [2.24, 2.45) is 0 Å². The Hall–Kier alpha value is -2.50. The van der Waals surface area contributed by atoms with Gasteiger partial charge >= 0.3 is 0 Å². The second-order valence-electron chi connectivity index (χ2n) is 7.20. The molecule has 2 atom stereocenters. The van der Waals surface area contributed by atoms with Crippen LogP contribution < -0.4 is 0 Å². The van der Waals surface area contributed by atoms with Gasteiger partial charge in [-0.25, -0.2) is 4.98 Å². The van der Waals surface area contributed by atoms with E-state index in [9.17, 15) is 4.79 Å². The number of benzene rings is 2. The van der Waals surface area contributed by atoms with Gasteiger partial charge in [0, 0.05) is 22.7 Å². The summed E-state index contributed by atoms with van der Waals surface area (Å²) < 4.78 is 1.22. The molecule has 4 aromatic rings. The van der Waals surface area contributed by atoms with Crippen molar-refractivity contribution in [1.29, 1.82) is 0 Å². The molecule has 0 amide bonds. The van der Waals surface area contributed by atoms with Crippen LogP contribution in [0.15, 0.2) is 54.7 Å². The molecule has 0 saturated carbocycles. The highest BCUT2D eigenvalue weighted by molar-refractivity contribution is 7.18. The van der Waals surface area contributed by atoms with E-state index in [0.717, 1.165) is 46.4 Å². The largest absolute Gasteiger partial charge is 0.360 e. The van der Waals surface area contributed by atoms with Crippen LogP contribution in [-0.2, 0) is 0 Å². The predicted octanol–water partition coefficient (Wildman–Crippen LogP) is 5.19. The monoisotopic (exact) mass is 375 g/mol. The fourth-order valence-electron chi connectivity index (χ4n) is 4.20. The van der Waals surface area contributed by atoms with Crippen molar-refractivity contribution in [3.63, 3.8) is 0 Å². The van der Waals surface area contributed by atoms with Crippen LogP contribution in [0.1, 0.15) is 41.2 Å². The summed E-state index contributed by atoms with van der Waals surface area (Å²) >= 11 is 1.76. The van der Waals surface area contributed by atoms with Gasteiger partial charge in [0.1, 0.15) is 5.01 Å². The smallest absolute Gasteiger partial charge is 0.181 e. The van der Waals surface area contributed by atoms with Gasteiger partial charge < -0.3 is 4.98 Å². The molecule has 3 heterocycles. The highest BCUT2D eigenvalue weighted by Crippen LogP contribution is 2.38. The molecule has 1 aliphatic rings. The highest BCUT2D eigenvalue weighted by Gasteiger charge is 2.35. The fraction of sp³-hybridized carbons (Fsp3) is 0.273. The Morgan fingerprint density at radius 3 is 2.93 bits per heavy atom. The highest BCUT2D eigenvalue weighted by atomic mass is 32.1. The molecule has 5 rings (SSSR count). The number of likely N-dealkylation sites (tertiary alicyclic amines) is 1. The molecule has 0 radical (unpaired) electrons. The fourth-order valence-corrected chi connectivity index (χ4v) is 5.32. The number of carbonyl (C=O) groups is 1. The Morgan fingerprint density at radius 1 is 1.22 bits per heavy atom. The van der Waals surface area contributed by atoms with Gasteiger partial charge in [0.2, 0.25) is 0 Å². The number of aromatic nitrogens is 2. The first-order valence-electron chi connectivity index (χ1n) is 9.44. The number of nitrogens with one attached hydrogen (secondary N) is 1. The Bertz CT molecular complexity index is 1100. The van der Waals surface area contributed by atoms with Crippen LogP contribution in [0.4, 0.5) is 0 Å². The maximum Gasteiger partial charge on any atom is 0.181 e. The van der Waals surface area contributed by atoms with Crippen molar-refractivity contribution in [2.45, 2.75) is 31.8 Å². The lowest BCUT2D eigenvalue weighted by Crippen LogP contribution is -2.38. The minimum Gasteiger partial charge on any atom is -0.360 e. The number of thiazole rings is 1. The van der Waals surface area contributed by atoms with Gasteiger partial charge in [-0.1, -0.05) is 30.3 Å². The van der Waals surface area contributed by atoms with Crippen molar-refractivity contribution in [2.75, 3.05) is 6.54 Å². The number of fused-ring (bicyclic) bond motifs is 2. The van der Waals surface area contributed by atoms with E-state index in [1.54, 1.807) is 11.3 Å². The molecule has 1 fully saturated rings. The normalized spacial score (nSPS) is 19.1. The van der Waals surface area contributed by atoms with Crippen LogP contribution in [0.2, 0.25) is 0 Å². The number of para-hydroxylation sites is 2. The van der Waals surface area contributed by atoms with Crippen molar-refractivity contribution in [3.05, 3.63) is 65.3 Å². The van der Waals surface area contributed by atoms with Crippen LogP contribution in [0, 0.1) is 0 Å². The van der Waals surface area contributed by atoms with E-state index >= 15 is 0 Å². The summed E-state index contributed by atoms with van der Waals surface area (Å²) in [4.78, 5) is 23.7. The maximum atomic E-state index is 13.3. The van der Waals surface area contributed by atoms with Crippen molar-refractivity contribution in [1.82, 2.24) is 14.9 Å². The summed E-state index contributed by atoms with van der Waals surface area (Å²) in [7, 11) is 0. The second-order valence-corrected chi connectivity index (χ2v) is 8.27. The minimum atomic E-state index is -0.163. The number of nitrogens with zero attached hydrogens (tertiary/aromatic N) is 2. The third kappa shape index (κ3) is 2.78. The molecule has 5 heteroatoms. The lowest BCUT2D eigenvalue weighted by molar-refractivity contribution is 0.0821. The summed E-state index contributed by atoms with van der Waals surface area (Å²) in [6, 6.07) is 16.3. The van der Waals surface area contributed by atoms with Crippen molar-refractivity contribution in [3.8, 4) is 0 Å². The van der Waals surface area contributed by atoms with Crippen molar-refractivity contribution >= 4 is 38.2 Å². The molecule has 2 unspecified atom stereocenters. The molecule has 0 aliphatic carbocycles. The summed E-state index contributed by atoms with van der Waals surface area (Å²) in [5.74, 6) is 0.181. The minimum absolute atomic E-state index is 0.163. The number of aromatic amines is 1. The quantitative estimate of drug-likeness (QED) is 0.500. The molecule has 1 N–H and O–H groups in total. The number of hydrogen-bond acceptors (Lipinski definition) is 4. The van der Waals surface area contributed by atoms with E-state index in [4.69, 9.17) is 4.98 Å². The number of rotatable bonds is 4. The Morgan fingerprint density at radius 2 is 2.04 bits per heavy atom. The van der Waals surface area contributed by atoms with Gasteiger partial charge in [-0.15, -0.1) is 11.3 Å².